The van der Waals surface area contributed by atoms with Crippen LogP contribution in [0.4, 0.5) is 10.1 Å². The topological polar surface area (TPSA) is 52.9 Å². The molecule has 0 unspecified atom stereocenters. The quantitative estimate of drug-likeness (QED) is 0.937. The molecule has 0 bridgehead atoms. The normalized spacial score (nSPS) is 15.5. The second-order valence-electron chi connectivity index (χ2n) is 5.59. The van der Waals surface area contributed by atoms with Crippen LogP contribution in [-0.4, -0.2) is 5.91 Å². The smallest absolute Gasteiger partial charge is 0.235 e. The van der Waals surface area contributed by atoms with Crippen molar-refractivity contribution in [2.45, 2.75) is 24.7 Å². The van der Waals surface area contributed by atoms with Gasteiger partial charge in [0, 0.05) is 5.69 Å². The van der Waals surface area contributed by atoms with Gasteiger partial charge >= 0.3 is 0 Å². The third-order valence-electron chi connectivity index (χ3n) is 4.29. The van der Waals surface area contributed by atoms with Crippen LogP contribution in [-0.2, 0) is 10.2 Å². The molecule has 0 aromatic heterocycles. The van der Waals surface area contributed by atoms with Gasteiger partial charge in [0.1, 0.15) is 5.82 Å². The SMILES string of the molecule is N#Cc1ccc(NC(=O)C2(c3cccc(F)c3)CCC2)cc1. The number of carbonyl (C=O) groups is 1. The second-order valence-corrected chi connectivity index (χ2v) is 5.59. The molecule has 1 saturated carbocycles. The summed E-state index contributed by atoms with van der Waals surface area (Å²) in [7, 11) is 0. The summed E-state index contributed by atoms with van der Waals surface area (Å²) in [5.41, 5.74) is 1.27. The standard InChI is InChI=1S/C18H15FN2O/c19-15-4-1-3-14(11-15)18(9-2-10-18)17(22)21-16-7-5-13(12-20)6-8-16/h1,3-8,11H,2,9-10H2,(H,21,22). The van der Waals surface area contributed by atoms with Gasteiger partial charge in [-0.25, -0.2) is 4.39 Å². The van der Waals surface area contributed by atoms with Crippen LogP contribution in [0.3, 0.4) is 0 Å². The van der Waals surface area contributed by atoms with E-state index in [9.17, 15) is 9.18 Å². The molecule has 2 aromatic carbocycles. The van der Waals surface area contributed by atoms with Gasteiger partial charge in [-0.15, -0.1) is 0 Å². The fourth-order valence-electron chi connectivity index (χ4n) is 2.84. The molecule has 0 atom stereocenters. The van der Waals surface area contributed by atoms with Crippen LogP contribution < -0.4 is 5.32 Å². The summed E-state index contributed by atoms with van der Waals surface area (Å²) in [6.45, 7) is 0. The Morgan fingerprint density at radius 2 is 1.91 bits per heavy atom. The van der Waals surface area contributed by atoms with E-state index in [4.69, 9.17) is 5.26 Å². The molecule has 0 heterocycles. The fraction of sp³-hybridized carbons (Fsp3) is 0.222. The second kappa shape index (κ2) is 5.61. The van der Waals surface area contributed by atoms with E-state index in [0.717, 1.165) is 24.8 Å². The average molecular weight is 294 g/mol. The van der Waals surface area contributed by atoms with E-state index in [1.165, 1.54) is 12.1 Å². The number of anilines is 1. The lowest BCUT2D eigenvalue weighted by Crippen LogP contribution is -2.46. The van der Waals surface area contributed by atoms with Crippen LogP contribution in [0, 0.1) is 17.1 Å². The number of halogens is 1. The summed E-state index contributed by atoms with van der Waals surface area (Å²) < 4.78 is 13.5. The lowest BCUT2D eigenvalue weighted by molar-refractivity contribution is -0.124. The van der Waals surface area contributed by atoms with Crippen molar-refractivity contribution in [3.8, 4) is 6.07 Å². The maximum absolute atomic E-state index is 13.5. The van der Waals surface area contributed by atoms with E-state index in [2.05, 4.69) is 5.32 Å². The summed E-state index contributed by atoms with van der Waals surface area (Å²) in [5.74, 6) is -0.441. The Hall–Kier alpha value is -2.67. The number of hydrogen-bond donors (Lipinski definition) is 1. The summed E-state index contributed by atoms with van der Waals surface area (Å²) >= 11 is 0. The first-order valence-electron chi connectivity index (χ1n) is 7.22. The summed E-state index contributed by atoms with van der Waals surface area (Å²) in [6.07, 6.45) is 2.40. The zero-order chi connectivity index (χ0) is 15.6. The number of nitrogens with zero attached hydrogens (tertiary/aromatic N) is 1. The highest BCUT2D eigenvalue weighted by molar-refractivity contribution is 5.99. The number of amides is 1. The van der Waals surface area contributed by atoms with Crippen molar-refractivity contribution in [2.24, 2.45) is 0 Å². The van der Waals surface area contributed by atoms with Crippen LogP contribution in [0.2, 0.25) is 0 Å². The van der Waals surface area contributed by atoms with Crippen molar-refractivity contribution >= 4 is 11.6 Å². The molecular weight excluding hydrogens is 279 g/mol. The third-order valence-corrected chi connectivity index (χ3v) is 4.29. The van der Waals surface area contributed by atoms with E-state index >= 15 is 0 Å². The van der Waals surface area contributed by atoms with Crippen LogP contribution in [0.15, 0.2) is 48.5 Å². The van der Waals surface area contributed by atoms with Crippen LogP contribution in [0.25, 0.3) is 0 Å². The summed E-state index contributed by atoms with van der Waals surface area (Å²) in [5, 5.41) is 11.7. The molecule has 2 aromatic rings. The Morgan fingerprint density at radius 1 is 1.18 bits per heavy atom. The van der Waals surface area contributed by atoms with Gasteiger partial charge in [-0.3, -0.25) is 4.79 Å². The van der Waals surface area contributed by atoms with Crippen molar-refractivity contribution in [1.82, 2.24) is 0 Å². The average Bonchev–Trinajstić information content (AvgIpc) is 2.47. The zero-order valence-electron chi connectivity index (χ0n) is 12.0. The Kier molecular flexibility index (Phi) is 3.64. The van der Waals surface area contributed by atoms with E-state index in [0.29, 0.717) is 11.3 Å². The van der Waals surface area contributed by atoms with Gasteiger partial charge in [0.15, 0.2) is 0 Å². The Balaban J connectivity index is 1.84. The monoisotopic (exact) mass is 294 g/mol. The predicted octanol–water partition coefficient (Wildman–Crippen LogP) is 3.76. The molecule has 0 radical (unpaired) electrons. The van der Waals surface area contributed by atoms with Gasteiger partial charge in [0.25, 0.3) is 0 Å². The number of hydrogen-bond acceptors (Lipinski definition) is 2. The molecule has 1 amide bonds. The number of nitriles is 1. The van der Waals surface area contributed by atoms with Crippen molar-refractivity contribution in [2.75, 3.05) is 5.32 Å². The first-order chi connectivity index (χ1) is 10.6. The summed E-state index contributed by atoms with van der Waals surface area (Å²) in [4.78, 5) is 12.7. The van der Waals surface area contributed by atoms with Gasteiger partial charge < -0.3 is 5.32 Å². The molecule has 1 aliphatic carbocycles. The Bertz CT molecular complexity index is 742. The minimum absolute atomic E-state index is 0.117. The summed E-state index contributed by atoms with van der Waals surface area (Å²) in [6, 6.07) is 15.0. The largest absolute Gasteiger partial charge is 0.325 e. The van der Waals surface area contributed by atoms with Crippen molar-refractivity contribution in [3.63, 3.8) is 0 Å². The maximum atomic E-state index is 13.5. The molecule has 0 aliphatic heterocycles. The first-order valence-corrected chi connectivity index (χ1v) is 7.22. The number of rotatable bonds is 3. The molecule has 1 N–H and O–H groups in total. The highest BCUT2D eigenvalue weighted by Crippen LogP contribution is 2.44. The molecular formula is C18H15FN2O. The molecule has 0 saturated heterocycles. The van der Waals surface area contributed by atoms with Crippen molar-refractivity contribution < 1.29 is 9.18 Å². The molecule has 3 rings (SSSR count). The zero-order valence-corrected chi connectivity index (χ0v) is 12.0. The van der Waals surface area contributed by atoms with Crippen LogP contribution >= 0.6 is 0 Å². The van der Waals surface area contributed by atoms with E-state index in [-0.39, 0.29) is 11.7 Å². The molecule has 1 aliphatic rings. The predicted molar refractivity (Wildman–Crippen MR) is 81.7 cm³/mol. The maximum Gasteiger partial charge on any atom is 0.235 e. The molecule has 22 heavy (non-hydrogen) atoms. The minimum atomic E-state index is -0.643. The lowest BCUT2D eigenvalue weighted by atomic mass is 9.63. The van der Waals surface area contributed by atoms with Crippen molar-refractivity contribution in [3.05, 3.63) is 65.5 Å². The minimum Gasteiger partial charge on any atom is -0.325 e. The highest BCUT2D eigenvalue weighted by atomic mass is 19.1. The van der Waals surface area contributed by atoms with Crippen LogP contribution in [0.1, 0.15) is 30.4 Å². The van der Waals surface area contributed by atoms with E-state index < -0.39 is 5.41 Å². The van der Waals surface area contributed by atoms with Crippen molar-refractivity contribution in [1.29, 1.82) is 5.26 Å². The van der Waals surface area contributed by atoms with Crippen LogP contribution in [0.5, 0.6) is 0 Å². The molecule has 0 spiro atoms. The third kappa shape index (κ3) is 2.46. The Labute approximate surface area is 128 Å². The van der Waals surface area contributed by atoms with E-state index in [1.807, 2.05) is 6.07 Å². The number of nitrogens with one attached hydrogen (secondary N) is 1. The fourth-order valence-corrected chi connectivity index (χ4v) is 2.84. The Morgan fingerprint density at radius 3 is 2.45 bits per heavy atom. The highest BCUT2D eigenvalue weighted by Gasteiger charge is 2.45. The number of carbonyl (C=O) groups excluding carboxylic acids is 1. The number of benzene rings is 2. The van der Waals surface area contributed by atoms with Gasteiger partial charge in [0.05, 0.1) is 17.0 Å². The molecule has 3 nitrogen and oxygen atoms in total. The van der Waals surface area contributed by atoms with Gasteiger partial charge in [0.2, 0.25) is 5.91 Å². The lowest BCUT2D eigenvalue weighted by Gasteiger charge is -2.40. The van der Waals surface area contributed by atoms with Gasteiger partial charge in [-0.1, -0.05) is 18.6 Å². The molecule has 4 heteroatoms. The van der Waals surface area contributed by atoms with Gasteiger partial charge in [-0.2, -0.15) is 5.26 Å². The van der Waals surface area contributed by atoms with Gasteiger partial charge in [-0.05, 0) is 54.8 Å². The first kappa shape index (κ1) is 14.3. The molecule has 110 valence electrons. The molecule has 1 fully saturated rings. The van der Waals surface area contributed by atoms with E-state index in [1.54, 1.807) is 36.4 Å².